The maximum Gasteiger partial charge on any atom is 0.326 e. The first-order valence-corrected chi connectivity index (χ1v) is 9.01. The summed E-state index contributed by atoms with van der Waals surface area (Å²) in [5.41, 5.74) is 1.34. The van der Waals surface area contributed by atoms with E-state index in [1.165, 1.54) is 12.7 Å². The minimum atomic E-state index is -0.722. The molecule has 1 saturated carbocycles. The predicted molar refractivity (Wildman–Crippen MR) is 99.6 cm³/mol. The molecule has 1 aromatic rings. The lowest BCUT2D eigenvalue weighted by molar-refractivity contribution is -0.150. The van der Waals surface area contributed by atoms with E-state index in [9.17, 15) is 9.59 Å². The SMILES string of the molecule is COC(=O)C1(NCC(=O)Nc2ccc(C(C)(C)C)cc2)CCCCC1. The van der Waals surface area contributed by atoms with Gasteiger partial charge in [-0.25, -0.2) is 0 Å². The van der Waals surface area contributed by atoms with Gasteiger partial charge in [0.25, 0.3) is 0 Å². The predicted octanol–water partition coefficient (Wildman–Crippen LogP) is 3.39. The number of carbonyl (C=O) groups excluding carboxylic acids is 2. The van der Waals surface area contributed by atoms with Gasteiger partial charge in [0, 0.05) is 5.69 Å². The normalized spacial score (nSPS) is 17.0. The zero-order valence-electron chi connectivity index (χ0n) is 15.8. The largest absolute Gasteiger partial charge is 0.468 e. The van der Waals surface area contributed by atoms with Gasteiger partial charge in [-0.15, -0.1) is 0 Å². The monoisotopic (exact) mass is 346 g/mol. The number of amides is 1. The highest BCUT2D eigenvalue weighted by atomic mass is 16.5. The van der Waals surface area contributed by atoms with E-state index in [4.69, 9.17) is 4.74 Å². The van der Waals surface area contributed by atoms with E-state index in [2.05, 4.69) is 31.4 Å². The average molecular weight is 346 g/mol. The lowest BCUT2D eigenvalue weighted by Gasteiger charge is -2.35. The van der Waals surface area contributed by atoms with Crippen LogP contribution in [0, 0.1) is 0 Å². The molecular weight excluding hydrogens is 316 g/mol. The van der Waals surface area contributed by atoms with Crippen LogP contribution >= 0.6 is 0 Å². The maximum absolute atomic E-state index is 12.3. The summed E-state index contributed by atoms with van der Waals surface area (Å²) in [6, 6.07) is 7.88. The third-order valence-electron chi connectivity index (χ3n) is 4.91. The molecule has 0 aromatic heterocycles. The molecular formula is C20H30N2O3. The molecule has 1 aliphatic rings. The number of ether oxygens (including phenoxy) is 1. The molecule has 138 valence electrons. The van der Waals surface area contributed by atoms with Crippen LogP contribution in [0.5, 0.6) is 0 Å². The van der Waals surface area contributed by atoms with Gasteiger partial charge in [-0.05, 0) is 36.0 Å². The fraction of sp³-hybridized carbons (Fsp3) is 0.600. The van der Waals surface area contributed by atoms with Crippen LogP contribution in [0.25, 0.3) is 0 Å². The summed E-state index contributed by atoms with van der Waals surface area (Å²) in [5.74, 6) is -0.424. The van der Waals surface area contributed by atoms with Crippen LogP contribution in [0.15, 0.2) is 24.3 Å². The van der Waals surface area contributed by atoms with E-state index < -0.39 is 5.54 Å². The topological polar surface area (TPSA) is 67.4 Å². The van der Waals surface area contributed by atoms with Gasteiger partial charge in [-0.1, -0.05) is 52.2 Å². The molecule has 0 bridgehead atoms. The van der Waals surface area contributed by atoms with Gasteiger partial charge in [-0.3, -0.25) is 14.9 Å². The lowest BCUT2D eigenvalue weighted by Crippen LogP contribution is -2.55. The summed E-state index contributed by atoms with van der Waals surface area (Å²) in [6.45, 7) is 6.55. The van der Waals surface area contributed by atoms with Crippen molar-refractivity contribution in [3.8, 4) is 0 Å². The summed E-state index contributed by atoms with van der Waals surface area (Å²) in [7, 11) is 1.40. The summed E-state index contributed by atoms with van der Waals surface area (Å²) in [4.78, 5) is 24.4. The Bertz CT molecular complexity index is 596. The second-order valence-electron chi connectivity index (χ2n) is 7.86. The molecule has 0 atom stereocenters. The molecule has 5 heteroatoms. The molecule has 2 N–H and O–H groups in total. The van der Waals surface area contributed by atoms with Gasteiger partial charge in [0.1, 0.15) is 5.54 Å². The number of carbonyl (C=O) groups is 2. The Morgan fingerprint density at radius 2 is 1.68 bits per heavy atom. The molecule has 5 nitrogen and oxygen atoms in total. The molecule has 0 saturated heterocycles. The molecule has 0 spiro atoms. The summed E-state index contributed by atoms with van der Waals surface area (Å²) in [6.07, 6.45) is 4.49. The first-order chi connectivity index (χ1) is 11.8. The highest BCUT2D eigenvalue weighted by Gasteiger charge is 2.40. The Labute approximate surface area is 150 Å². The highest BCUT2D eigenvalue weighted by molar-refractivity contribution is 5.93. The van der Waals surface area contributed by atoms with Crippen LogP contribution in [-0.2, 0) is 19.7 Å². The summed E-state index contributed by atoms with van der Waals surface area (Å²) < 4.78 is 4.96. The molecule has 1 amide bonds. The van der Waals surface area contributed by atoms with E-state index in [0.717, 1.165) is 24.9 Å². The van der Waals surface area contributed by atoms with Crippen molar-refractivity contribution in [2.45, 2.75) is 63.8 Å². The molecule has 1 fully saturated rings. The Morgan fingerprint density at radius 3 is 2.20 bits per heavy atom. The smallest absolute Gasteiger partial charge is 0.326 e. The van der Waals surface area contributed by atoms with Crippen molar-refractivity contribution in [1.82, 2.24) is 5.32 Å². The van der Waals surface area contributed by atoms with Crippen molar-refractivity contribution in [3.05, 3.63) is 29.8 Å². The number of esters is 1. The van der Waals surface area contributed by atoms with Crippen molar-refractivity contribution >= 4 is 17.6 Å². The summed E-state index contributed by atoms with van der Waals surface area (Å²) >= 11 is 0. The van der Waals surface area contributed by atoms with Gasteiger partial charge >= 0.3 is 5.97 Å². The molecule has 1 aromatic carbocycles. The number of rotatable bonds is 5. The van der Waals surface area contributed by atoms with Gasteiger partial charge < -0.3 is 10.1 Å². The first-order valence-electron chi connectivity index (χ1n) is 9.01. The number of anilines is 1. The molecule has 0 heterocycles. The number of nitrogens with one attached hydrogen (secondary N) is 2. The molecule has 0 radical (unpaired) electrons. The van der Waals surface area contributed by atoms with Gasteiger partial charge in [0.05, 0.1) is 13.7 Å². The fourth-order valence-electron chi connectivity index (χ4n) is 3.31. The second-order valence-corrected chi connectivity index (χ2v) is 7.86. The number of methoxy groups -OCH3 is 1. The molecule has 2 rings (SSSR count). The average Bonchev–Trinajstić information content (AvgIpc) is 2.60. The number of benzene rings is 1. The van der Waals surface area contributed by atoms with Crippen molar-refractivity contribution < 1.29 is 14.3 Å². The zero-order chi connectivity index (χ0) is 18.5. The van der Waals surface area contributed by atoms with E-state index in [-0.39, 0.29) is 23.8 Å². The van der Waals surface area contributed by atoms with Crippen LogP contribution in [0.3, 0.4) is 0 Å². The minimum Gasteiger partial charge on any atom is -0.468 e. The van der Waals surface area contributed by atoms with Crippen molar-refractivity contribution in [2.24, 2.45) is 0 Å². The van der Waals surface area contributed by atoms with Crippen LogP contribution in [0.1, 0.15) is 58.4 Å². The Morgan fingerprint density at radius 1 is 1.08 bits per heavy atom. The maximum atomic E-state index is 12.3. The van der Waals surface area contributed by atoms with Crippen molar-refractivity contribution in [2.75, 3.05) is 19.0 Å². The van der Waals surface area contributed by atoms with E-state index in [0.29, 0.717) is 12.8 Å². The molecule has 1 aliphatic carbocycles. The zero-order valence-corrected chi connectivity index (χ0v) is 15.8. The third-order valence-corrected chi connectivity index (χ3v) is 4.91. The third kappa shape index (κ3) is 5.05. The Kier molecular flexibility index (Phi) is 6.22. The van der Waals surface area contributed by atoms with Crippen LogP contribution in [-0.4, -0.2) is 31.1 Å². The van der Waals surface area contributed by atoms with Crippen LogP contribution in [0.4, 0.5) is 5.69 Å². The Balaban J connectivity index is 1.94. The van der Waals surface area contributed by atoms with Gasteiger partial charge in [0.15, 0.2) is 0 Å². The fourth-order valence-corrected chi connectivity index (χ4v) is 3.31. The molecule has 25 heavy (non-hydrogen) atoms. The van der Waals surface area contributed by atoms with Crippen LogP contribution < -0.4 is 10.6 Å². The van der Waals surface area contributed by atoms with E-state index in [1.54, 1.807) is 0 Å². The standard InChI is InChI=1S/C20H30N2O3/c1-19(2,3)15-8-10-16(11-9-15)22-17(23)14-21-20(18(24)25-4)12-6-5-7-13-20/h8-11,21H,5-7,12-14H2,1-4H3,(H,22,23). The number of hydrogen-bond donors (Lipinski definition) is 2. The Hall–Kier alpha value is -1.88. The van der Waals surface area contributed by atoms with E-state index in [1.807, 2.05) is 24.3 Å². The highest BCUT2D eigenvalue weighted by Crippen LogP contribution is 2.29. The number of hydrogen-bond acceptors (Lipinski definition) is 4. The lowest BCUT2D eigenvalue weighted by atomic mass is 9.81. The van der Waals surface area contributed by atoms with E-state index >= 15 is 0 Å². The summed E-state index contributed by atoms with van der Waals surface area (Å²) in [5, 5.41) is 6.04. The van der Waals surface area contributed by atoms with Crippen molar-refractivity contribution in [3.63, 3.8) is 0 Å². The van der Waals surface area contributed by atoms with Crippen LogP contribution in [0.2, 0.25) is 0 Å². The second kappa shape index (κ2) is 8.00. The quantitative estimate of drug-likeness (QED) is 0.802. The van der Waals surface area contributed by atoms with Gasteiger partial charge in [0.2, 0.25) is 5.91 Å². The minimum absolute atomic E-state index is 0.0813. The van der Waals surface area contributed by atoms with Gasteiger partial charge in [-0.2, -0.15) is 0 Å². The van der Waals surface area contributed by atoms with Crippen molar-refractivity contribution in [1.29, 1.82) is 0 Å². The first kappa shape index (κ1) is 19.4. The molecule has 0 unspecified atom stereocenters. The molecule has 0 aliphatic heterocycles.